The molecule has 0 saturated heterocycles. The molecule has 2 aromatic rings. The molecule has 4 nitrogen and oxygen atoms in total. The van der Waals surface area contributed by atoms with Crippen LogP contribution in [0.2, 0.25) is 0 Å². The zero-order valence-electron chi connectivity index (χ0n) is 10.6. The van der Waals surface area contributed by atoms with E-state index in [1.165, 1.54) is 6.33 Å². The molecule has 2 rings (SSSR count). The van der Waals surface area contributed by atoms with Gasteiger partial charge in [-0.25, -0.2) is 27.2 Å². The van der Waals surface area contributed by atoms with Gasteiger partial charge < -0.3 is 5.32 Å². The molecule has 1 heterocycles. The van der Waals surface area contributed by atoms with Crippen LogP contribution in [0.1, 0.15) is 19.2 Å². The van der Waals surface area contributed by atoms with Gasteiger partial charge in [-0.3, -0.25) is 0 Å². The minimum Gasteiger partial charge on any atom is -0.373 e. The van der Waals surface area contributed by atoms with Gasteiger partial charge in [0, 0.05) is 12.6 Å². The number of nitrogens with one attached hydrogen (secondary N) is 1. The van der Waals surface area contributed by atoms with Gasteiger partial charge in [-0.2, -0.15) is 5.10 Å². The van der Waals surface area contributed by atoms with Crippen LogP contribution in [0, 0.1) is 23.3 Å². The number of anilines is 1. The zero-order chi connectivity index (χ0) is 14.7. The van der Waals surface area contributed by atoms with Crippen LogP contribution in [0.3, 0.4) is 0 Å². The molecule has 0 aliphatic heterocycles. The van der Waals surface area contributed by atoms with Gasteiger partial charge in [0.2, 0.25) is 0 Å². The van der Waals surface area contributed by atoms with E-state index in [2.05, 4.69) is 15.4 Å². The predicted molar refractivity (Wildman–Crippen MR) is 63.9 cm³/mol. The van der Waals surface area contributed by atoms with Gasteiger partial charge in [0.15, 0.2) is 23.3 Å². The molecule has 0 aliphatic carbocycles. The van der Waals surface area contributed by atoms with Crippen LogP contribution in [-0.4, -0.2) is 14.8 Å². The topological polar surface area (TPSA) is 42.7 Å². The SMILES string of the molecule is CCCn1ncnc1CNc1c(F)c(F)cc(F)c1F. The molecule has 20 heavy (non-hydrogen) atoms. The van der Waals surface area contributed by atoms with Crippen molar-refractivity contribution in [3.8, 4) is 0 Å². The van der Waals surface area contributed by atoms with Crippen LogP contribution < -0.4 is 5.32 Å². The van der Waals surface area contributed by atoms with Crippen molar-refractivity contribution >= 4 is 5.69 Å². The van der Waals surface area contributed by atoms with Gasteiger partial charge in [0.25, 0.3) is 0 Å². The fourth-order valence-electron chi connectivity index (χ4n) is 1.72. The number of halogens is 4. The average Bonchev–Trinajstić information content (AvgIpc) is 2.84. The molecule has 0 radical (unpaired) electrons. The van der Waals surface area contributed by atoms with Crippen molar-refractivity contribution in [1.29, 1.82) is 0 Å². The Hall–Kier alpha value is -2.12. The molecule has 0 spiro atoms. The first kappa shape index (κ1) is 14.3. The summed E-state index contributed by atoms with van der Waals surface area (Å²) in [5, 5.41) is 6.24. The van der Waals surface area contributed by atoms with E-state index in [1.54, 1.807) is 4.68 Å². The normalized spacial score (nSPS) is 10.8. The van der Waals surface area contributed by atoms with Crippen molar-refractivity contribution < 1.29 is 17.6 Å². The quantitative estimate of drug-likeness (QED) is 0.679. The molecule has 1 aromatic carbocycles. The molecule has 0 unspecified atom stereocenters. The third-order valence-electron chi connectivity index (χ3n) is 2.67. The maximum atomic E-state index is 13.4. The number of nitrogens with zero attached hydrogens (tertiary/aromatic N) is 3. The maximum Gasteiger partial charge on any atom is 0.185 e. The van der Waals surface area contributed by atoms with E-state index in [9.17, 15) is 17.6 Å². The Morgan fingerprint density at radius 1 is 1.15 bits per heavy atom. The lowest BCUT2D eigenvalue weighted by Gasteiger charge is -2.10. The molecular weight excluding hydrogens is 276 g/mol. The highest BCUT2D eigenvalue weighted by Crippen LogP contribution is 2.24. The Bertz CT molecular complexity index is 585. The van der Waals surface area contributed by atoms with Gasteiger partial charge in [-0.05, 0) is 6.42 Å². The van der Waals surface area contributed by atoms with Crippen LogP contribution >= 0.6 is 0 Å². The largest absolute Gasteiger partial charge is 0.373 e. The van der Waals surface area contributed by atoms with Gasteiger partial charge in [-0.15, -0.1) is 0 Å². The first-order valence-corrected chi connectivity index (χ1v) is 5.98. The molecule has 0 fully saturated rings. The highest BCUT2D eigenvalue weighted by Gasteiger charge is 2.19. The van der Waals surface area contributed by atoms with Crippen molar-refractivity contribution in [2.45, 2.75) is 26.4 Å². The number of hydrogen-bond donors (Lipinski definition) is 1. The lowest BCUT2D eigenvalue weighted by molar-refractivity contribution is 0.457. The van der Waals surface area contributed by atoms with Crippen LogP contribution in [0.25, 0.3) is 0 Å². The summed E-state index contributed by atoms with van der Waals surface area (Å²) in [7, 11) is 0. The average molecular weight is 288 g/mol. The summed E-state index contributed by atoms with van der Waals surface area (Å²) < 4.78 is 54.5. The third kappa shape index (κ3) is 2.73. The lowest BCUT2D eigenvalue weighted by Crippen LogP contribution is -2.12. The zero-order valence-corrected chi connectivity index (χ0v) is 10.6. The Labute approximate surface area is 112 Å². The maximum absolute atomic E-state index is 13.4. The van der Waals surface area contributed by atoms with Crippen LogP contribution in [0.4, 0.5) is 23.2 Å². The van der Waals surface area contributed by atoms with Crippen LogP contribution in [0.15, 0.2) is 12.4 Å². The second kappa shape index (κ2) is 5.89. The molecular formula is C12H12F4N4. The molecule has 1 N–H and O–H groups in total. The molecule has 1 aromatic heterocycles. The van der Waals surface area contributed by atoms with Crippen molar-refractivity contribution in [1.82, 2.24) is 14.8 Å². The monoisotopic (exact) mass is 288 g/mol. The van der Waals surface area contributed by atoms with Crippen LogP contribution in [-0.2, 0) is 13.1 Å². The second-order valence-corrected chi connectivity index (χ2v) is 4.10. The van der Waals surface area contributed by atoms with E-state index in [-0.39, 0.29) is 12.6 Å². The summed E-state index contributed by atoms with van der Waals surface area (Å²) >= 11 is 0. The standard InChI is InChI=1S/C12H12F4N4/c1-2-3-20-9(18-6-19-20)5-17-12-10(15)7(13)4-8(14)11(12)16/h4,6,17H,2-3,5H2,1H3. The van der Waals surface area contributed by atoms with Gasteiger partial charge in [0.05, 0.1) is 6.54 Å². The summed E-state index contributed by atoms with van der Waals surface area (Å²) in [5.74, 6) is -5.44. The van der Waals surface area contributed by atoms with Crippen molar-refractivity contribution in [2.75, 3.05) is 5.32 Å². The summed E-state index contributed by atoms with van der Waals surface area (Å²) in [6, 6.07) is 0.162. The Morgan fingerprint density at radius 2 is 1.80 bits per heavy atom. The van der Waals surface area contributed by atoms with Crippen molar-refractivity contribution in [3.63, 3.8) is 0 Å². The number of aromatic nitrogens is 3. The summed E-state index contributed by atoms with van der Waals surface area (Å²) in [5.41, 5.74) is -0.853. The molecule has 0 saturated carbocycles. The Kier molecular flexibility index (Phi) is 4.21. The minimum absolute atomic E-state index is 0.100. The number of benzene rings is 1. The van der Waals surface area contributed by atoms with Gasteiger partial charge in [-0.1, -0.05) is 6.92 Å². The minimum atomic E-state index is -1.47. The molecule has 8 heteroatoms. The molecule has 108 valence electrons. The second-order valence-electron chi connectivity index (χ2n) is 4.10. The predicted octanol–water partition coefficient (Wildman–Crippen LogP) is 2.86. The summed E-state index contributed by atoms with van der Waals surface area (Å²) in [6.45, 7) is 2.41. The lowest BCUT2D eigenvalue weighted by atomic mass is 10.2. The van der Waals surface area contributed by atoms with Crippen LogP contribution in [0.5, 0.6) is 0 Å². The van der Waals surface area contributed by atoms with E-state index >= 15 is 0 Å². The van der Waals surface area contributed by atoms with Gasteiger partial charge in [0.1, 0.15) is 17.8 Å². The Balaban J connectivity index is 2.21. The number of hydrogen-bond acceptors (Lipinski definition) is 3. The van der Waals surface area contributed by atoms with E-state index in [1.807, 2.05) is 6.92 Å². The Morgan fingerprint density at radius 3 is 2.40 bits per heavy atom. The van der Waals surface area contributed by atoms with E-state index < -0.39 is 29.0 Å². The fraction of sp³-hybridized carbons (Fsp3) is 0.333. The summed E-state index contributed by atoms with van der Waals surface area (Å²) in [6.07, 6.45) is 2.10. The fourth-order valence-corrected chi connectivity index (χ4v) is 1.72. The van der Waals surface area contributed by atoms with Crippen molar-refractivity contribution in [2.24, 2.45) is 0 Å². The highest BCUT2D eigenvalue weighted by molar-refractivity contribution is 5.47. The van der Waals surface area contributed by atoms with E-state index in [4.69, 9.17) is 0 Å². The first-order valence-electron chi connectivity index (χ1n) is 5.98. The molecule has 0 aliphatic rings. The molecule has 0 amide bonds. The summed E-state index contributed by atoms with van der Waals surface area (Å²) in [4.78, 5) is 3.91. The van der Waals surface area contributed by atoms with E-state index in [0.717, 1.165) is 6.42 Å². The number of rotatable bonds is 5. The number of aryl methyl sites for hydroxylation is 1. The smallest absolute Gasteiger partial charge is 0.185 e. The van der Waals surface area contributed by atoms with Crippen molar-refractivity contribution in [3.05, 3.63) is 41.5 Å². The third-order valence-corrected chi connectivity index (χ3v) is 2.67. The highest BCUT2D eigenvalue weighted by atomic mass is 19.2. The molecule has 0 atom stereocenters. The van der Waals surface area contributed by atoms with Gasteiger partial charge >= 0.3 is 0 Å². The molecule has 0 bridgehead atoms. The van der Waals surface area contributed by atoms with E-state index in [0.29, 0.717) is 12.4 Å². The first-order chi connectivity index (χ1) is 9.54.